The number of aliphatic imine (C=N–C) groups is 1. The van der Waals surface area contributed by atoms with E-state index in [0.29, 0.717) is 17.1 Å². The molecule has 0 saturated heterocycles. The minimum atomic E-state index is -0.473. The normalized spacial score (nSPS) is 15.5. The second kappa shape index (κ2) is 5.61. The Hall–Kier alpha value is -3.28. The quantitative estimate of drug-likeness (QED) is 0.536. The van der Waals surface area contributed by atoms with Crippen molar-refractivity contribution >= 4 is 23.5 Å². The number of nitrogens with one attached hydrogen (secondary N) is 1. The van der Waals surface area contributed by atoms with Crippen LogP contribution in [0.3, 0.4) is 0 Å². The molecule has 0 radical (unpaired) electrons. The van der Waals surface area contributed by atoms with Crippen molar-refractivity contribution in [3.05, 3.63) is 81.5 Å². The van der Waals surface area contributed by atoms with Crippen LogP contribution in [0.2, 0.25) is 0 Å². The maximum atomic E-state index is 11.9. The summed E-state index contributed by atoms with van der Waals surface area (Å²) in [6.45, 7) is 0. The molecule has 1 N–H and O–H groups in total. The van der Waals surface area contributed by atoms with Gasteiger partial charge in [0.25, 0.3) is 11.6 Å². The van der Waals surface area contributed by atoms with Gasteiger partial charge in [-0.2, -0.15) is 0 Å². The Kier molecular flexibility index (Phi) is 3.49. The average molecular weight is 293 g/mol. The largest absolute Gasteiger partial charge is 0.305 e. The van der Waals surface area contributed by atoms with Gasteiger partial charge in [0.15, 0.2) is 0 Å². The summed E-state index contributed by atoms with van der Waals surface area (Å²) < 4.78 is 0. The fourth-order valence-electron chi connectivity index (χ4n) is 2.05. The summed E-state index contributed by atoms with van der Waals surface area (Å²) in [5.41, 5.74) is 1.80. The van der Waals surface area contributed by atoms with E-state index >= 15 is 0 Å². The predicted molar refractivity (Wildman–Crippen MR) is 82.2 cm³/mol. The zero-order valence-electron chi connectivity index (χ0n) is 11.4. The van der Waals surface area contributed by atoms with Crippen molar-refractivity contribution in [1.29, 1.82) is 0 Å². The summed E-state index contributed by atoms with van der Waals surface area (Å²) in [6.07, 6.45) is 1.69. The Morgan fingerprint density at radius 3 is 2.36 bits per heavy atom. The van der Waals surface area contributed by atoms with Gasteiger partial charge in [0, 0.05) is 17.7 Å². The van der Waals surface area contributed by atoms with Gasteiger partial charge in [-0.3, -0.25) is 14.9 Å². The molecule has 1 amide bonds. The number of amidine groups is 1. The van der Waals surface area contributed by atoms with Crippen LogP contribution in [-0.2, 0) is 4.79 Å². The molecule has 0 spiro atoms. The molecule has 0 saturated carbocycles. The molecule has 3 rings (SSSR count). The van der Waals surface area contributed by atoms with Crippen molar-refractivity contribution in [1.82, 2.24) is 5.32 Å². The minimum Gasteiger partial charge on any atom is -0.305 e. The number of amides is 1. The van der Waals surface area contributed by atoms with Gasteiger partial charge in [0.1, 0.15) is 11.5 Å². The monoisotopic (exact) mass is 293 g/mol. The summed E-state index contributed by atoms with van der Waals surface area (Å²) in [7, 11) is 0. The molecule has 22 heavy (non-hydrogen) atoms. The van der Waals surface area contributed by atoms with Crippen molar-refractivity contribution in [2.75, 3.05) is 0 Å². The molecule has 0 aromatic heterocycles. The minimum absolute atomic E-state index is 0.00581. The highest BCUT2D eigenvalue weighted by atomic mass is 16.6. The van der Waals surface area contributed by atoms with E-state index in [9.17, 15) is 14.9 Å². The lowest BCUT2D eigenvalue weighted by atomic mass is 10.2. The van der Waals surface area contributed by atoms with Crippen LogP contribution in [0, 0.1) is 10.1 Å². The predicted octanol–water partition coefficient (Wildman–Crippen LogP) is 2.51. The van der Waals surface area contributed by atoms with Crippen LogP contribution in [-0.4, -0.2) is 16.7 Å². The Morgan fingerprint density at radius 2 is 1.73 bits per heavy atom. The van der Waals surface area contributed by atoms with Gasteiger partial charge in [-0.15, -0.1) is 0 Å². The second-order valence-corrected chi connectivity index (χ2v) is 4.66. The van der Waals surface area contributed by atoms with Crippen LogP contribution in [0.1, 0.15) is 11.1 Å². The van der Waals surface area contributed by atoms with Crippen molar-refractivity contribution in [2.24, 2.45) is 4.99 Å². The van der Waals surface area contributed by atoms with Gasteiger partial charge in [-0.05, 0) is 23.8 Å². The maximum absolute atomic E-state index is 11.9. The molecule has 6 heteroatoms. The smallest absolute Gasteiger partial charge is 0.275 e. The first-order valence-electron chi connectivity index (χ1n) is 6.55. The molecule has 0 bridgehead atoms. The molecule has 0 fully saturated rings. The third-order valence-electron chi connectivity index (χ3n) is 3.15. The summed E-state index contributed by atoms with van der Waals surface area (Å²) >= 11 is 0. The Morgan fingerprint density at radius 1 is 1.05 bits per heavy atom. The van der Waals surface area contributed by atoms with Gasteiger partial charge >= 0.3 is 0 Å². The molecule has 6 nitrogen and oxygen atoms in total. The molecule has 2 aromatic rings. The van der Waals surface area contributed by atoms with E-state index < -0.39 is 4.92 Å². The zero-order chi connectivity index (χ0) is 15.5. The van der Waals surface area contributed by atoms with Gasteiger partial charge in [0.2, 0.25) is 0 Å². The number of nitro benzene ring substituents is 1. The highest BCUT2D eigenvalue weighted by molar-refractivity contribution is 6.19. The van der Waals surface area contributed by atoms with Gasteiger partial charge in [-0.1, -0.05) is 30.3 Å². The first kappa shape index (κ1) is 13.7. The van der Waals surface area contributed by atoms with Crippen molar-refractivity contribution in [3.63, 3.8) is 0 Å². The van der Waals surface area contributed by atoms with Gasteiger partial charge < -0.3 is 5.32 Å². The van der Waals surface area contributed by atoms with Crippen LogP contribution < -0.4 is 5.32 Å². The third-order valence-corrected chi connectivity index (χ3v) is 3.15. The summed E-state index contributed by atoms with van der Waals surface area (Å²) in [5.74, 6) is 0.0966. The van der Waals surface area contributed by atoms with Crippen molar-refractivity contribution < 1.29 is 9.72 Å². The number of nitrogens with zero attached hydrogens (tertiary/aromatic N) is 2. The summed E-state index contributed by atoms with van der Waals surface area (Å²) in [6, 6.07) is 15.3. The van der Waals surface area contributed by atoms with Gasteiger partial charge in [0.05, 0.1) is 4.92 Å². The van der Waals surface area contributed by atoms with Crippen molar-refractivity contribution in [3.8, 4) is 0 Å². The second-order valence-electron chi connectivity index (χ2n) is 4.66. The molecule has 1 aliphatic rings. The molecule has 108 valence electrons. The Balaban J connectivity index is 1.90. The molecule has 0 unspecified atom stereocenters. The third kappa shape index (κ3) is 2.76. The number of rotatable bonds is 3. The molecule has 2 aromatic carbocycles. The molecular weight excluding hydrogens is 282 g/mol. The van der Waals surface area contributed by atoms with Crippen LogP contribution in [0.25, 0.3) is 6.08 Å². The Bertz CT molecular complexity index is 793. The highest BCUT2D eigenvalue weighted by Gasteiger charge is 2.21. The standard InChI is InChI=1S/C16H11N3O3/c20-16-14(10-11-4-2-1-3-5-11)17-15(18-16)12-6-8-13(9-7-12)19(21)22/h1-10H,(H,17,18,20). The van der Waals surface area contributed by atoms with E-state index in [-0.39, 0.29) is 11.6 Å². The Labute approximate surface area is 126 Å². The van der Waals surface area contributed by atoms with E-state index in [2.05, 4.69) is 10.3 Å². The number of benzene rings is 2. The number of hydrogen-bond acceptors (Lipinski definition) is 4. The lowest BCUT2D eigenvalue weighted by molar-refractivity contribution is -0.384. The fraction of sp³-hybridized carbons (Fsp3) is 0. The zero-order valence-corrected chi connectivity index (χ0v) is 11.4. The lowest BCUT2D eigenvalue weighted by Gasteiger charge is -1.99. The first-order valence-corrected chi connectivity index (χ1v) is 6.55. The lowest BCUT2D eigenvalue weighted by Crippen LogP contribution is -2.24. The topological polar surface area (TPSA) is 84.6 Å². The number of non-ortho nitro benzene ring substituents is 1. The number of carbonyl (C=O) groups is 1. The van der Waals surface area contributed by atoms with E-state index in [1.807, 2.05) is 30.3 Å². The first-order chi connectivity index (χ1) is 10.6. The van der Waals surface area contributed by atoms with Crippen LogP contribution in [0.5, 0.6) is 0 Å². The number of hydrogen-bond donors (Lipinski definition) is 1. The van der Waals surface area contributed by atoms with Crippen LogP contribution in [0.15, 0.2) is 65.3 Å². The van der Waals surface area contributed by atoms with Crippen LogP contribution in [0.4, 0.5) is 5.69 Å². The fourth-order valence-corrected chi connectivity index (χ4v) is 2.05. The van der Waals surface area contributed by atoms with E-state index in [1.54, 1.807) is 18.2 Å². The molecule has 0 aliphatic carbocycles. The van der Waals surface area contributed by atoms with E-state index in [4.69, 9.17) is 0 Å². The molecule has 1 aliphatic heterocycles. The van der Waals surface area contributed by atoms with E-state index in [0.717, 1.165) is 5.56 Å². The average Bonchev–Trinajstić information content (AvgIpc) is 2.89. The van der Waals surface area contributed by atoms with Gasteiger partial charge in [-0.25, -0.2) is 4.99 Å². The van der Waals surface area contributed by atoms with E-state index in [1.165, 1.54) is 12.1 Å². The number of nitro groups is 1. The number of carbonyl (C=O) groups excluding carboxylic acids is 1. The van der Waals surface area contributed by atoms with Crippen LogP contribution >= 0.6 is 0 Å². The molecular formula is C16H11N3O3. The summed E-state index contributed by atoms with van der Waals surface area (Å²) in [5, 5.41) is 13.3. The summed E-state index contributed by atoms with van der Waals surface area (Å²) in [4.78, 5) is 26.4. The maximum Gasteiger partial charge on any atom is 0.275 e. The highest BCUT2D eigenvalue weighted by Crippen LogP contribution is 2.17. The van der Waals surface area contributed by atoms with Crippen molar-refractivity contribution in [2.45, 2.75) is 0 Å². The SMILES string of the molecule is O=C1NC(c2ccc([N+](=O)[O-])cc2)=NC1=Cc1ccccc1. The molecule has 0 atom stereocenters. The molecule has 1 heterocycles.